The van der Waals surface area contributed by atoms with Crippen molar-refractivity contribution in [3.8, 4) is 5.75 Å². The van der Waals surface area contributed by atoms with Crippen LogP contribution in [0.5, 0.6) is 5.75 Å². The fourth-order valence-corrected chi connectivity index (χ4v) is 3.54. The van der Waals surface area contributed by atoms with Gasteiger partial charge in [0.05, 0.1) is 7.11 Å². The summed E-state index contributed by atoms with van der Waals surface area (Å²) in [5, 5.41) is 0. The van der Waals surface area contributed by atoms with Gasteiger partial charge in [0.2, 0.25) is 0 Å². The maximum Gasteiger partial charge on any atom is 0.118 e. The molecule has 0 spiro atoms. The number of ether oxygens (including phenoxy) is 1. The number of rotatable bonds is 2. The van der Waals surface area contributed by atoms with Crippen molar-refractivity contribution in [3.05, 3.63) is 76.9 Å². The molecule has 2 aliphatic carbocycles. The summed E-state index contributed by atoms with van der Waals surface area (Å²) in [5.74, 6) is 1.48. The van der Waals surface area contributed by atoms with Crippen LogP contribution in [-0.4, -0.2) is 7.11 Å². The highest BCUT2D eigenvalue weighted by Crippen LogP contribution is 2.48. The molecule has 0 saturated carbocycles. The Labute approximate surface area is 125 Å². The predicted octanol–water partition coefficient (Wildman–Crippen LogP) is 5.05. The Balaban J connectivity index is 1.75. The summed E-state index contributed by atoms with van der Waals surface area (Å²) >= 11 is 0. The standard InChI is InChI=1S/C20H18O/c1-21-16-11-9-14(10-12-16)17-7-4-8-19-18-6-3-2-5-15(18)13-20(17)19/h2-3,5-7,9-13,19H,4,8H2,1H3. The maximum atomic E-state index is 5.26. The zero-order chi connectivity index (χ0) is 14.2. The molecule has 0 N–H and O–H groups in total. The Morgan fingerprint density at radius 3 is 2.62 bits per heavy atom. The van der Waals surface area contributed by atoms with Crippen molar-refractivity contribution in [1.82, 2.24) is 0 Å². The summed E-state index contributed by atoms with van der Waals surface area (Å²) in [6, 6.07) is 17.2. The molecular formula is C20H18O. The van der Waals surface area contributed by atoms with Crippen LogP contribution >= 0.6 is 0 Å². The van der Waals surface area contributed by atoms with E-state index in [1.54, 1.807) is 7.11 Å². The van der Waals surface area contributed by atoms with Gasteiger partial charge in [-0.2, -0.15) is 0 Å². The normalized spacial score (nSPS) is 19.4. The smallest absolute Gasteiger partial charge is 0.118 e. The molecule has 2 aromatic rings. The third-order valence-corrected chi connectivity index (χ3v) is 4.57. The Bertz CT molecular complexity index is 735. The van der Waals surface area contributed by atoms with E-state index in [9.17, 15) is 0 Å². The summed E-state index contributed by atoms with van der Waals surface area (Å²) in [6.45, 7) is 0. The van der Waals surface area contributed by atoms with Crippen molar-refractivity contribution in [2.24, 2.45) is 0 Å². The highest BCUT2D eigenvalue weighted by Gasteiger charge is 2.29. The van der Waals surface area contributed by atoms with E-state index < -0.39 is 0 Å². The van der Waals surface area contributed by atoms with Crippen LogP contribution in [0.3, 0.4) is 0 Å². The summed E-state index contributed by atoms with van der Waals surface area (Å²) in [4.78, 5) is 0. The van der Waals surface area contributed by atoms with Crippen molar-refractivity contribution in [3.63, 3.8) is 0 Å². The first kappa shape index (κ1) is 12.5. The summed E-state index contributed by atoms with van der Waals surface area (Å²) in [7, 11) is 1.71. The third kappa shape index (κ3) is 2.01. The highest BCUT2D eigenvalue weighted by molar-refractivity contribution is 5.90. The van der Waals surface area contributed by atoms with Gasteiger partial charge in [-0.25, -0.2) is 0 Å². The van der Waals surface area contributed by atoms with E-state index in [4.69, 9.17) is 4.74 Å². The first-order valence-corrected chi connectivity index (χ1v) is 7.52. The highest BCUT2D eigenvalue weighted by atomic mass is 16.5. The number of fused-ring (bicyclic) bond motifs is 3. The second-order valence-corrected chi connectivity index (χ2v) is 5.70. The average Bonchev–Trinajstić information content (AvgIpc) is 2.94. The molecule has 0 fully saturated rings. The van der Waals surface area contributed by atoms with Crippen LogP contribution in [0.4, 0.5) is 0 Å². The van der Waals surface area contributed by atoms with Crippen LogP contribution in [0.2, 0.25) is 0 Å². The molecule has 4 rings (SSSR count). The number of hydrogen-bond donors (Lipinski definition) is 0. The molecule has 0 heterocycles. The van der Waals surface area contributed by atoms with Gasteiger partial charge in [-0.1, -0.05) is 48.6 Å². The molecule has 21 heavy (non-hydrogen) atoms. The van der Waals surface area contributed by atoms with Gasteiger partial charge in [0, 0.05) is 5.92 Å². The van der Waals surface area contributed by atoms with Crippen LogP contribution < -0.4 is 4.74 Å². The molecular weight excluding hydrogens is 256 g/mol. The molecule has 1 unspecified atom stereocenters. The van der Waals surface area contributed by atoms with Gasteiger partial charge >= 0.3 is 0 Å². The molecule has 2 aliphatic rings. The molecule has 2 aromatic carbocycles. The second-order valence-electron chi connectivity index (χ2n) is 5.70. The van der Waals surface area contributed by atoms with Gasteiger partial charge < -0.3 is 4.74 Å². The van der Waals surface area contributed by atoms with E-state index in [1.165, 1.54) is 34.3 Å². The summed E-state index contributed by atoms with van der Waals surface area (Å²) < 4.78 is 5.26. The molecule has 0 aliphatic heterocycles. The molecule has 1 atom stereocenters. The molecule has 0 amide bonds. The van der Waals surface area contributed by atoms with E-state index in [-0.39, 0.29) is 0 Å². The molecule has 0 aromatic heterocycles. The Morgan fingerprint density at radius 2 is 1.81 bits per heavy atom. The van der Waals surface area contributed by atoms with E-state index in [0.29, 0.717) is 5.92 Å². The van der Waals surface area contributed by atoms with E-state index in [1.807, 2.05) is 12.1 Å². The van der Waals surface area contributed by atoms with E-state index >= 15 is 0 Å². The van der Waals surface area contributed by atoms with Crippen LogP contribution in [0, 0.1) is 0 Å². The lowest BCUT2D eigenvalue weighted by Gasteiger charge is -2.23. The minimum Gasteiger partial charge on any atom is -0.497 e. The zero-order valence-electron chi connectivity index (χ0n) is 12.2. The fourth-order valence-electron chi connectivity index (χ4n) is 3.54. The number of benzene rings is 2. The largest absolute Gasteiger partial charge is 0.497 e. The molecule has 0 saturated heterocycles. The monoisotopic (exact) mass is 274 g/mol. The minimum atomic E-state index is 0.573. The molecule has 1 heteroatoms. The molecule has 0 bridgehead atoms. The van der Waals surface area contributed by atoms with Crippen LogP contribution in [-0.2, 0) is 0 Å². The predicted molar refractivity (Wildman–Crippen MR) is 87.4 cm³/mol. The second kappa shape index (κ2) is 4.92. The number of methoxy groups -OCH3 is 1. The van der Waals surface area contributed by atoms with E-state index in [0.717, 1.165) is 12.2 Å². The maximum absolute atomic E-state index is 5.26. The van der Waals surface area contributed by atoms with Crippen molar-refractivity contribution in [1.29, 1.82) is 0 Å². The Kier molecular flexibility index (Phi) is 2.92. The van der Waals surface area contributed by atoms with Crippen molar-refractivity contribution in [2.75, 3.05) is 7.11 Å². The van der Waals surface area contributed by atoms with Gasteiger partial charge in [-0.05, 0) is 52.8 Å². The Hall–Kier alpha value is -2.28. The quantitative estimate of drug-likeness (QED) is 0.744. The Morgan fingerprint density at radius 1 is 1.00 bits per heavy atom. The van der Waals surface area contributed by atoms with Crippen LogP contribution in [0.25, 0.3) is 11.6 Å². The third-order valence-electron chi connectivity index (χ3n) is 4.57. The van der Waals surface area contributed by atoms with Crippen LogP contribution in [0.15, 0.2) is 60.2 Å². The summed E-state index contributed by atoms with van der Waals surface area (Å²) in [5.41, 5.74) is 7.04. The topological polar surface area (TPSA) is 9.23 Å². The zero-order valence-corrected chi connectivity index (χ0v) is 12.2. The number of hydrogen-bond acceptors (Lipinski definition) is 1. The van der Waals surface area contributed by atoms with Gasteiger partial charge in [0.25, 0.3) is 0 Å². The van der Waals surface area contributed by atoms with Gasteiger partial charge in [-0.15, -0.1) is 0 Å². The SMILES string of the molecule is COc1ccc(C2=CCCC3C2=Cc2ccccc23)cc1. The van der Waals surface area contributed by atoms with Gasteiger partial charge in [0.15, 0.2) is 0 Å². The molecule has 104 valence electrons. The summed E-state index contributed by atoms with van der Waals surface area (Å²) in [6.07, 6.45) is 7.13. The van der Waals surface area contributed by atoms with Crippen molar-refractivity contribution < 1.29 is 4.74 Å². The fraction of sp³-hybridized carbons (Fsp3) is 0.200. The van der Waals surface area contributed by atoms with Crippen molar-refractivity contribution in [2.45, 2.75) is 18.8 Å². The lowest BCUT2D eigenvalue weighted by atomic mass is 9.80. The molecule has 0 radical (unpaired) electrons. The first-order valence-electron chi connectivity index (χ1n) is 7.52. The van der Waals surface area contributed by atoms with Crippen LogP contribution in [0.1, 0.15) is 35.4 Å². The van der Waals surface area contributed by atoms with E-state index in [2.05, 4.69) is 48.6 Å². The lowest BCUT2D eigenvalue weighted by Crippen LogP contribution is -2.05. The average molecular weight is 274 g/mol. The number of allylic oxidation sites excluding steroid dienone is 3. The first-order chi connectivity index (χ1) is 10.4. The lowest BCUT2D eigenvalue weighted by molar-refractivity contribution is 0.415. The van der Waals surface area contributed by atoms with Gasteiger partial charge in [0.1, 0.15) is 5.75 Å². The molecule has 1 nitrogen and oxygen atoms in total. The van der Waals surface area contributed by atoms with Gasteiger partial charge in [-0.3, -0.25) is 0 Å². The minimum absolute atomic E-state index is 0.573. The van der Waals surface area contributed by atoms with Crippen molar-refractivity contribution >= 4 is 11.6 Å².